The third-order valence-electron chi connectivity index (χ3n) is 2.41. The summed E-state index contributed by atoms with van der Waals surface area (Å²) in [6.45, 7) is 0.715. The Hall–Kier alpha value is -2.48. The van der Waals surface area contributed by atoms with E-state index in [0.29, 0.717) is 17.8 Å². The minimum absolute atomic E-state index is 0.597. The number of nitrogens with zero attached hydrogens (tertiary/aromatic N) is 2. The van der Waals surface area contributed by atoms with Gasteiger partial charge >= 0.3 is 0 Å². The lowest BCUT2D eigenvalue weighted by molar-refractivity contribution is 0.928. The Morgan fingerprint density at radius 3 is 3.06 bits per heavy atom. The predicted octanol–water partition coefficient (Wildman–Crippen LogP) is 1.52. The lowest BCUT2D eigenvalue weighted by Crippen LogP contribution is -2.07. The van der Waals surface area contributed by atoms with Crippen LogP contribution in [-0.4, -0.2) is 16.5 Å². The summed E-state index contributed by atoms with van der Waals surface area (Å²) < 4.78 is 0. The second-order valence-electron chi connectivity index (χ2n) is 3.63. The fourth-order valence-corrected chi connectivity index (χ4v) is 1.53. The largest absolute Gasteiger partial charge is 0.397 e. The van der Waals surface area contributed by atoms with Gasteiger partial charge in [-0.25, -0.2) is 4.98 Å². The highest BCUT2D eigenvalue weighted by atomic mass is 14.9. The Bertz CT molecular complexity index is 524. The molecule has 0 spiro atoms. The molecule has 0 saturated heterocycles. The molecule has 0 unspecified atom stereocenters. The molecule has 17 heavy (non-hydrogen) atoms. The number of hydrogen-bond acceptors (Lipinski definition) is 4. The molecule has 1 aromatic heterocycles. The molecular weight excluding hydrogens is 214 g/mol. The van der Waals surface area contributed by atoms with Crippen molar-refractivity contribution in [3.63, 3.8) is 0 Å². The molecule has 0 atom stereocenters. The molecular formula is C12H13N5. The van der Waals surface area contributed by atoms with Crippen molar-refractivity contribution in [2.75, 3.05) is 17.6 Å². The van der Waals surface area contributed by atoms with Crippen molar-refractivity contribution in [2.24, 2.45) is 0 Å². The van der Waals surface area contributed by atoms with Gasteiger partial charge in [0.1, 0.15) is 5.82 Å². The maximum Gasteiger partial charge on any atom is 0.107 e. The van der Waals surface area contributed by atoms with Crippen molar-refractivity contribution in [1.82, 2.24) is 9.97 Å². The minimum atomic E-state index is 0.597. The van der Waals surface area contributed by atoms with E-state index in [1.165, 1.54) is 0 Å². The van der Waals surface area contributed by atoms with Crippen LogP contribution in [0.25, 0.3) is 0 Å². The highest BCUT2D eigenvalue weighted by Gasteiger charge is 2.01. The first kappa shape index (κ1) is 11.0. The second kappa shape index (κ2) is 5.03. The number of benzene rings is 1. The lowest BCUT2D eigenvalue weighted by atomic mass is 10.2. The van der Waals surface area contributed by atoms with Crippen LogP contribution in [0.15, 0.2) is 30.6 Å². The molecule has 0 aliphatic heterocycles. The Kier molecular flexibility index (Phi) is 3.26. The van der Waals surface area contributed by atoms with Crippen molar-refractivity contribution < 1.29 is 0 Å². The van der Waals surface area contributed by atoms with E-state index in [-0.39, 0.29) is 0 Å². The molecule has 2 aromatic rings. The van der Waals surface area contributed by atoms with E-state index < -0.39 is 0 Å². The lowest BCUT2D eigenvalue weighted by Gasteiger charge is -2.08. The summed E-state index contributed by atoms with van der Waals surface area (Å²) in [6.07, 6.45) is 4.29. The molecule has 0 fully saturated rings. The molecule has 5 heteroatoms. The number of rotatable bonds is 4. The van der Waals surface area contributed by atoms with Gasteiger partial charge < -0.3 is 16.0 Å². The molecule has 4 N–H and O–H groups in total. The molecule has 0 saturated carbocycles. The number of hydrogen-bond donors (Lipinski definition) is 3. The van der Waals surface area contributed by atoms with E-state index in [1.807, 2.05) is 0 Å². The average molecular weight is 227 g/mol. The third-order valence-corrected chi connectivity index (χ3v) is 2.41. The number of nitrogens with one attached hydrogen (secondary N) is 2. The number of nitrogens with two attached hydrogens (primary N) is 1. The standard InChI is InChI=1S/C12H13N5/c13-8-9-1-2-10(14)11(7-9)15-4-3-12-16-5-6-17-12/h1-2,5-7,15H,3-4,14H2,(H,16,17). The van der Waals surface area contributed by atoms with Gasteiger partial charge in [0.25, 0.3) is 0 Å². The quantitative estimate of drug-likeness (QED) is 0.691. The highest BCUT2D eigenvalue weighted by Crippen LogP contribution is 2.19. The van der Waals surface area contributed by atoms with Gasteiger partial charge in [-0.1, -0.05) is 0 Å². The van der Waals surface area contributed by atoms with E-state index in [2.05, 4.69) is 21.4 Å². The van der Waals surface area contributed by atoms with E-state index in [9.17, 15) is 0 Å². The van der Waals surface area contributed by atoms with Gasteiger partial charge in [-0.15, -0.1) is 0 Å². The fraction of sp³-hybridized carbons (Fsp3) is 0.167. The van der Waals surface area contributed by atoms with Crippen LogP contribution in [-0.2, 0) is 6.42 Å². The number of aromatic nitrogens is 2. The van der Waals surface area contributed by atoms with Crippen LogP contribution in [0.3, 0.4) is 0 Å². The SMILES string of the molecule is N#Cc1ccc(N)c(NCCc2ncc[nH]2)c1. The van der Waals surface area contributed by atoms with Gasteiger partial charge in [-0.05, 0) is 18.2 Å². The third kappa shape index (κ3) is 2.75. The summed E-state index contributed by atoms with van der Waals surface area (Å²) in [4.78, 5) is 7.15. The first-order valence-corrected chi connectivity index (χ1v) is 5.31. The summed E-state index contributed by atoms with van der Waals surface area (Å²) >= 11 is 0. The second-order valence-corrected chi connectivity index (χ2v) is 3.63. The zero-order chi connectivity index (χ0) is 12.1. The summed E-state index contributed by atoms with van der Waals surface area (Å²) in [6, 6.07) is 7.26. The maximum atomic E-state index is 8.79. The van der Waals surface area contributed by atoms with E-state index in [0.717, 1.165) is 17.9 Å². The number of anilines is 2. The maximum absolute atomic E-state index is 8.79. The van der Waals surface area contributed by atoms with E-state index in [1.54, 1.807) is 30.6 Å². The molecule has 0 amide bonds. The zero-order valence-corrected chi connectivity index (χ0v) is 9.27. The first-order chi connectivity index (χ1) is 8.29. The Morgan fingerprint density at radius 1 is 1.47 bits per heavy atom. The Balaban J connectivity index is 1.97. The Morgan fingerprint density at radius 2 is 2.35 bits per heavy atom. The van der Waals surface area contributed by atoms with Crippen LogP contribution in [0, 0.1) is 11.3 Å². The molecule has 1 heterocycles. The molecule has 86 valence electrons. The normalized spacial score (nSPS) is 9.82. The van der Waals surface area contributed by atoms with Crippen LogP contribution >= 0.6 is 0 Å². The van der Waals surface area contributed by atoms with Gasteiger partial charge in [-0.3, -0.25) is 0 Å². The molecule has 1 aromatic carbocycles. The summed E-state index contributed by atoms with van der Waals surface area (Å²) in [5.41, 5.74) is 7.83. The summed E-state index contributed by atoms with van der Waals surface area (Å²) in [5.74, 6) is 0.924. The van der Waals surface area contributed by atoms with Crippen LogP contribution in [0.4, 0.5) is 11.4 Å². The summed E-state index contributed by atoms with van der Waals surface area (Å²) in [5, 5.41) is 12.0. The number of H-pyrrole nitrogens is 1. The molecule has 0 bridgehead atoms. The monoisotopic (exact) mass is 227 g/mol. The van der Waals surface area contributed by atoms with Crippen LogP contribution in [0.2, 0.25) is 0 Å². The van der Waals surface area contributed by atoms with Gasteiger partial charge in [0.05, 0.1) is 23.0 Å². The van der Waals surface area contributed by atoms with Crippen molar-refractivity contribution in [1.29, 1.82) is 5.26 Å². The number of nitriles is 1. The molecule has 2 rings (SSSR count). The number of imidazole rings is 1. The number of aromatic amines is 1. The topological polar surface area (TPSA) is 90.5 Å². The molecule has 5 nitrogen and oxygen atoms in total. The van der Waals surface area contributed by atoms with Crippen LogP contribution in [0.1, 0.15) is 11.4 Å². The van der Waals surface area contributed by atoms with Crippen molar-refractivity contribution >= 4 is 11.4 Å². The molecule has 0 aliphatic carbocycles. The zero-order valence-electron chi connectivity index (χ0n) is 9.27. The van der Waals surface area contributed by atoms with Gasteiger partial charge in [-0.2, -0.15) is 5.26 Å². The van der Waals surface area contributed by atoms with Gasteiger partial charge in [0.2, 0.25) is 0 Å². The van der Waals surface area contributed by atoms with Crippen molar-refractivity contribution in [3.05, 3.63) is 42.0 Å². The van der Waals surface area contributed by atoms with E-state index >= 15 is 0 Å². The highest BCUT2D eigenvalue weighted by molar-refractivity contribution is 5.68. The molecule has 0 aliphatic rings. The Labute approximate surface area is 99.3 Å². The summed E-state index contributed by atoms with van der Waals surface area (Å²) in [7, 11) is 0. The van der Waals surface area contributed by atoms with Gasteiger partial charge in [0, 0.05) is 25.4 Å². The first-order valence-electron chi connectivity index (χ1n) is 5.31. The predicted molar refractivity (Wildman–Crippen MR) is 66.4 cm³/mol. The van der Waals surface area contributed by atoms with Crippen LogP contribution in [0.5, 0.6) is 0 Å². The minimum Gasteiger partial charge on any atom is -0.397 e. The van der Waals surface area contributed by atoms with Gasteiger partial charge in [0.15, 0.2) is 0 Å². The van der Waals surface area contributed by atoms with Crippen molar-refractivity contribution in [3.8, 4) is 6.07 Å². The molecule has 0 radical (unpaired) electrons. The smallest absolute Gasteiger partial charge is 0.107 e. The van der Waals surface area contributed by atoms with E-state index in [4.69, 9.17) is 11.0 Å². The van der Waals surface area contributed by atoms with Crippen LogP contribution < -0.4 is 11.1 Å². The number of nitrogen functional groups attached to an aromatic ring is 1. The van der Waals surface area contributed by atoms with Crippen molar-refractivity contribution in [2.45, 2.75) is 6.42 Å². The fourth-order valence-electron chi connectivity index (χ4n) is 1.53. The average Bonchev–Trinajstić information content (AvgIpc) is 2.84.